The zero-order chi connectivity index (χ0) is 20.9. The molecular weight excluding hydrogens is 390 g/mol. The Hall–Kier alpha value is -2.42. The number of sulfonamides is 1. The maximum Gasteiger partial charge on any atom is 0.255 e. The van der Waals surface area contributed by atoms with Gasteiger partial charge in [0.2, 0.25) is 10.0 Å². The Morgan fingerprint density at radius 1 is 1.07 bits per heavy atom. The minimum Gasteiger partial charge on any atom is -0.496 e. The van der Waals surface area contributed by atoms with E-state index in [0.717, 1.165) is 5.56 Å². The van der Waals surface area contributed by atoms with E-state index >= 15 is 0 Å². The molecule has 2 aromatic carbocycles. The second kappa shape index (κ2) is 9.39. The van der Waals surface area contributed by atoms with E-state index in [4.69, 9.17) is 4.74 Å². The van der Waals surface area contributed by atoms with Gasteiger partial charge < -0.3 is 15.0 Å². The Balaban J connectivity index is 1.75. The molecule has 0 bridgehead atoms. The lowest BCUT2D eigenvalue weighted by Crippen LogP contribution is -2.47. The predicted octanol–water partition coefficient (Wildman–Crippen LogP) is 1.60. The fourth-order valence-corrected chi connectivity index (χ4v) is 4.71. The monoisotopic (exact) mass is 417 g/mol. The molecule has 1 fully saturated rings. The van der Waals surface area contributed by atoms with Gasteiger partial charge in [0.25, 0.3) is 5.91 Å². The molecule has 0 saturated carbocycles. The summed E-state index contributed by atoms with van der Waals surface area (Å²) in [6.07, 6.45) is 0.689. The van der Waals surface area contributed by atoms with Gasteiger partial charge in [-0.1, -0.05) is 30.3 Å². The number of hydrogen-bond acceptors (Lipinski definition) is 5. The third kappa shape index (κ3) is 5.14. The van der Waals surface area contributed by atoms with Gasteiger partial charge in [-0.15, -0.1) is 0 Å². The quantitative estimate of drug-likeness (QED) is 0.740. The highest BCUT2D eigenvalue weighted by Gasteiger charge is 2.28. The molecule has 2 aromatic rings. The molecule has 1 aliphatic heterocycles. The van der Waals surface area contributed by atoms with E-state index in [9.17, 15) is 13.2 Å². The number of hydrogen-bond donors (Lipinski definition) is 1. The Morgan fingerprint density at radius 3 is 2.41 bits per heavy atom. The molecule has 3 rings (SSSR count). The topological polar surface area (TPSA) is 79.0 Å². The summed E-state index contributed by atoms with van der Waals surface area (Å²) in [6, 6.07) is 14.3. The van der Waals surface area contributed by atoms with Crippen molar-refractivity contribution in [2.75, 3.05) is 46.9 Å². The molecule has 7 nitrogen and oxygen atoms in total. The SMILES string of the molecule is COc1ccc(S(=O)(=O)N2CCN(C)CC2)cc1C(=O)NCCc1ccccc1. The van der Waals surface area contributed by atoms with Crippen molar-refractivity contribution in [1.29, 1.82) is 0 Å². The number of carbonyl (C=O) groups is 1. The van der Waals surface area contributed by atoms with E-state index in [0.29, 0.717) is 44.9 Å². The average molecular weight is 418 g/mol. The van der Waals surface area contributed by atoms with Crippen LogP contribution in [0.4, 0.5) is 0 Å². The molecule has 1 saturated heterocycles. The van der Waals surface area contributed by atoms with Gasteiger partial charge in [0.05, 0.1) is 17.6 Å². The number of methoxy groups -OCH3 is 1. The first kappa shape index (κ1) is 21.3. The van der Waals surface area contributed by atoms with Crippen LogP contribution >= 0.6 is 0 Å². The van der Waals surface area contributed by atoms with Crippen LogP contribution in [0.2, 0.25) is 0 Å². The number of nitrogens with one attached hydrogen (secondary N) is 1. The van der Waals surface area contributed by atoms with Gasteiger partial charge in [-0.2, -0.15) is 4.31 Å². The maximum absolute atomic E-state index is 13.0. The van der Waals surface area contributed by atoms with Gasteiger partial charge in [0, 0.05) is 32.7 Å². The van der Waals surface area contributed by atoms with Gasteiger partial charge in [-0.3, -0.25) is 4.79 Å². The highest BCUT2D eigenvalue weighted by Crippen LogP contribution is 2.25. The first-order valence-electron chi connectivity index (χ1n) is 9.60. The van der Waals surface area contributed by atoms with Crippen molar-refractivity contribution in [2.24, 2.45) is 0 Å². The molecule has 0 spiro atoms. The Kier molecular flexibility index (Phi) is 6.89. The van der Waals surface area contributed by atoms with Crippen molar-refractivity contribution in [1.82, 2.24) is 14.5 Å². The molecule has 0 unspecified atom stereocenters. The molecule has 1 amide bonds. The fourth-order valence-electron chi connectivity index (χ4n) is 3.26. The van der Waals surface area contributed by atoms with Crippen LogP contribution in [0.1, 0.15) is 15.9 Å². The third-order valence-electron chi connectivity index (χ3n) is 5.06. The number of amides is 1. The average Bonchev–Trinajstić information content (AvgIpc) is 2.74. The zero-order valence-electron chi connectivity index (χ0n) is 16.8. The minimum atomic E-state index is -3.66. The van der Waals surface area contributed by atoms with Crippen molar-refractivity contribution in [3.63, 3.8) is 0 Å². The third-order valence-corrected chi connectivity index (χ3v) is 6.95. The van der Waals surface area contributed by atoms with Crippen LogP contribution in [0.5, 0.6) is 5.75 Å². The summed E-state index contributed by atoms with van der Waals surface area (Å²) in [7, 11) is -0.228. The van der Waals surface area contributed by atoms with Crippen LogP contribution in [-0.4, -0.2) is 70.4 Å². The van der Waals surface area contributed by atoms with Crippen molar-refractivity contribution < 1.29 is 17.9 Å². The maximum atomic E-state index is 13.0. The molecule has 0 aliphatic carbocycles. The number of rotatable bonds is 7. The van der Waals surface area contributed by atoms with Gasteiger partial charge >= 0.3 is 0 Å². The lowest BCUT2D eigenvalue weighted by Gasteiger charge is -2.31. The number of ether oxygens (including phenoxy) is 1. The largest absolute Gasteiger partial charge is 0.496 e. The highest BCUT2D eigenvalue weighted by molar-refractivity contribution is 7.89. The second-order valence-corrected chi connectivity index (χ2v) is 9.00. The minimum absolute atomic E-state index is 0.107. The molecule has 1 aliphatic rings. The number of piperazine rings is 1. The number of likely N-dealkylation sites (N-methyl/N-ethyl adjacent to an activating group) is 1. The fraction of sp³-hybridized carbons (Fsp3) is 0.381. The Morgan fingerprint density at radius 2 is 1.76 bits per heavy atom. The van der Waals surface area contributed by atoms with E-state index in [1.807, 2.05) is 37.4 Å². The van der Waals surface area contributed by atoms with Crippen LogP contribution in [0.15, 0.2) is 53.4 Å². The molecule has 0 radical (unpaired) electrons. The van der Waals surface area contributed by atoms with Crippen LogP contribution < -0.4 is 10.1 Å². The lowest BCUT2D eigenvalue weighted by molar-refractivity contribution is 0.0951. The van der Waals surface area contributed by atoms with E-state index in [2.05, 4.69) is 10.2 Å². The summed E-state index contributed by atoms with van der Waals surface area (Å²) in [4.78, 5) is 14.9. The van der Waals surface area contributed by atoms with Gasteiger partial charge in [-0.05, 0) is 37.2 Å². The van der Waals surface area contributed by atoms with Crippen LogP contribution in [-0.2, 0) is 16.4 Å². The van der Waals surface area contributed by atoms with Gasteiger partial charge in [0.15, 0.2) is 0 Å². The Bertz CT molecular complexity index is 940. The van der Waals surface area contributed by atoms with Crippen molar-refractivity contribution >= 4 is 15.9 Å². The second-order valence-electron chi connectivity index (χ2n) is 7.06. The first-order chi connectivity index (χ1) is 13.9. The summed E-state index contributed by atoms with van der Waals surface area (Å²) >= 11 is 0. The van der Waals surface area contributed by atoms with Crippen LogP contribution in [0.3, 0.4) is 0 Å². The lowest BCUT2D eigenvalue weighted by atomic mass is 10.1. The van der Waals surface area contributed by atoms with E-state index in [-0.39, 0.29) is 16.4 Å². The molecule has 1 N–H and O–H groups in total. The molecule has 1 heterocycles. The normalized spacial score (nSPS) is 15.8. The summed E-state index contributed by atoms with van der Waals surface area (Å²) in [5, 5.41) is 2.85. The smallest absolute Gasteiger partial charge is 0.255 e. The summed E-state index contributed by atoms with van der Waals surface area (Å²) < 4.78 is 32.8. The molecule has 29 heavy (non-hydrogen) atoms. The van der Waals surface area contributed by atoms with E-state index < -0.39 is 10.0 Å². The summed E-state index contributed by atoms with van der Waals surface area (Å²) in [5.74, 6) is -0.00672. The molecule has 0 atom stereocenters. The number of benzene rings is 2. The molecule has 8 heteroatoms. The molecular formula is C21H27N3O4S. The summed E-state index contributed by atoms with van der Waals surface area (Å²) in [6.45, 7) is 2.68. The van der Waals surface area contributed by atoms with Crippen molar-refractivity contribution in [3.05, 3.63) is 59.7 Å². The van der Waals surface area contributed by atoms with Gasteiger partial charge in [-0.25, -0.2) is 8.42 Å². The molecule has 156 valence electrons. The first-order valence-corrected chi connectivity index (χ1v) is 11.0. The number of carbonyl (C=O) groups excluding carboxylic acids is 1. The van der Waals surface area contributed by atoms with Gasteiger partial charge in [0.1, 0.15) is 5.75 Å². The van der Waals surface area contributed by atoms with E-state index in [1.54, 1.807) is 0 Å². The van der Waals surface area contributed by atoms with Crippen LogP contribution in [0, 0.1) is 0 Å². The Labute approximate surface area is 172 Å². The van der Waals surface area contributed by atoms with E-state index in [1.165, 1.54) is 29.6 Å². The van der Waals surface area contributed by atoms with Crippen LogP contribution in [0.25, 0.3) is 0 Å². The predicted molar refractivity (Wildman–Crippen MR) is 112 cm³/mol. The van der Waals surface area contributed by atoms with Crippen molar-refractivity contribution in [2.45, 2.75) is 11.3 Å². The zero-order valence-corrected chi connectivity index (χ0v) is 17.6. The number of nitrogens with zero attached hydrogens (tertiary/aromatic N) is 2. The standard InChI is InChI=1S/C21H27N3O4S/c1-23-12-14-24(15-13-23)29(26,27)18-8-9-20(28-2)19(16-18)21(25)22-11-10-17-6-4-3-5-7-17/h3-9,16H,10-15H2,1-2H3,(H,22,25). The highest BCUT2D eigenvalue weighted by atomic mass is 32.2. The summed E-state index contributed by atoms with van der Waals surface area (Å²) in [5.41, 5.74) is 1.34. The molecule has 0 aromatic heterocycles. The van der Waals surface area contributed by atoms with Crippen molar-refractivity contribution in [3.8, 4) is 5.75 Å².